The number of morpholine rings is 1. The van der Waals surface area contributed by atoms with E-state index in [2.05, 4.69) is 67.8 Å². The topological polar surface area (TPSA) is 375 Å². The van der Waals surface area contributed by atoms with Gasteiger partial charge in [0.15, 0.2) is 35.8 Å². The van der Waals surface area contributed by atoms with Crippen molar-refractivity contribution in [1.29, 1.82) is 0 Å². The number of hydrogen-bond donors (Lipinski definition) is 13. The van der Waals surface area contributed by atoms with Crippen LogP contribution in [0.5, 0.6) is 0 Å². The number of anilines is 1. The third kappa shape index (κ3) is 14.5. The summed E-state index contributed by atoms with van der Waals surface area (Å²) in [5.41, 5.74) is 1.73. The third-order valence-corrected chi connectivity index (χ3v) is 19.3. The number of halogens is 1. The summed E-state index contributed by atoms with van der Waals surface area (Å²) in [5.74, 6) is 0.700. The first-order chi connectivity index (χ1) is 42.2. The summed E-state index contributed by atoms with van der Waals surface area (Å²) >= 11 is 2.74. The number of methoxy groups -OCH3 is 1. The zero-order valence-corrected chi connectivity index (χ0v) is 52.7. The van der Waals surface area contributed by atoms with Crippen LogP contribution in [0.3, 0.4) is 0 Å². The van der Waals surface area contributed by atoms with Crippen LogP contribution in [0.25, 0.3) is 11.2 Å². The number of thiophene rings is 2. The molecule has 12 rings (SSSR count). The summed E-state index contributed by atoms with van der Waals surface area (Å²) in [6.07, 6.45) is -15.7. The van der Waals surface area contributed by atoms with E-state index in [4.69, 9.17) is 48.2 Å². The third-order valence-electron chi connectivity index (χ3n) is 17.3. The highest BCUT2D eigenvalue weighted by Gasteiger charge is 2.71. The van der Waals surface area contributed by atoms with Gasteiger partial charge in [-0.25, -0.2) is 19.7 Å². The molecule has 0 aliphatic carbocycles. The first-order valence-corrected chi connectivity index (χ1v) is 31.0. The number of imidazole rings is 1. The van der Waals surface area contributed by atoms with Gasteiger partial charge in [0.25, 0.3) is 0 Å². The molecule has 19 atom stereocenters. The summed E-state index contributed by atoms with van der Waals surface area (Å²) < 4.78 is 40.7. The van der Waals surface area contributed by atoms with E-state index in [9.17, 15) is 55.9 Å². The van der Waals surface area contributed by atoms with Gasteiger partial charge in [0, 0.05) is 38.5 Å². The van der Waals surface area contributed by atoms with E-state index < -0.39 is 111 Å². The van der Waals surface area contributed by atoms with Crippen molar-refractivity contribution < 1.29 is 116 Å². The normalized spacial score (nSPS) is 32.7. The molecule has 26 nitrogen and oxygen atoms in total. The summed E-state index contributed by atoms with van der Waals surface area (Å²) in [6.45, 7) is 3.98. The smallest absolute Gasteiger partial charge is 0.349 e. The van der Waals surface area contributed by atoms with Crippen molar-refractivity contribution in [2.24, 2.45) is 0 Å². The van der Waals surface area contributed by atoms with E-state index >= 15 is 0 Å². The Morgan fingerprint density at radius 1 is 0.730 bits per heavy atom. The van der Waals surface area contributed by atoms with Crippen LogP contribution >= 0.6 is 22.7 Å². The van der Waals surface area contributed by atoms with Crippen LogP contribution in [0.1, 0.15) is 65.5 Å². The molecule has 0 spiro atoms. The predicted molar refractivity (Wildman–Crippen MR) is 316 cm³/mol. The van der Waals surface area contributed by atoms with E-state index in [1.807, 2.05) is 59.3 Å². The zero-order chi connectivity index (χ0) is 62.8. The second kappa shape index (κ2) is 29.6. The molecule has 4 aromatic heterocycles. The lowest BCUT2D eigenvalue weighted by molar-refractivity contribution is -0.938. The average Bonchev–Trinajstić information content (AvgIpc) is 1.57. The van der Waals surface area contributed by atoms with Crippen molar-refractivity contribution in [2.75, 3.05) is 52.9 Å². The van der Waals surface area contributed by atoms with E-state index in [0.29, 0.717) is 69.9 Å². The molecule has 1 unspecified atom stereocenters. The molecule has 10 heterocycles. The number of esters is 1. The number of fused-ring (bicyclic) bond motifs is 6. The molecular formula is C60H80BrN7O19S2. The molecule has 6 fully saturated rings. The number of aliphatic hydroxyl groups excluding tert-OH is 10. The summed E-state index contributed by atoms with van der Waals surface area (Å²) in [5, 5.41) is 120. The van der Waals surface area contributed by atoms with Gasteiger partial charge in [0.1, 0.15) is 103 Å². The summed E-state index contributed by atoms with van der Waals surface area (Å²) in [4.78, 5) is 28.5. The quantitative estimate of drug-likeness (QED) is 0.0216. The molecule has 6 aromatic rings. The van der Waals surface area contributed by atoms with Crippen molar-refractivity contribution in [3.05, 3.63) is 129 Å². The Morgan fingerprint density at radius 2 is 1.33 bits per heavy atom. The van der Waals surface area contributed by atoms with Gasteiger partial charge in [0.2, 0.25) is 5.60 Å². The largest absolute Gasteiger partial charge is 1.00 e. The SMILES string of the molecule is COC[C@H]1O[C@@H](n2cnc3c(NCC(c4ccccc4)c4ccccc4)nc(CNC(C)C)nc32)[C@H](O)[C@@H]1O.C[N+]1(C)[C@@H]2CC(OC(=O)C(O)(c3cccs3)c3cccs3)C[C@H]1[C@@H]1O[C@@H]12.OC[C@H]1O[C@@H](O[C@H]2[C@H](O)[C@@H](O)[C@H](O)O[C@@H]2CO)[C@H](O)[C@@H](O)[C@H]1O.[Br-]. The Bertz CT molecular complexity index is 3080. The van der Waals surface area contributed by atoms with E-state index in [1.54, 1.807) is 23.0 Å². The molecule has 0 radical (unpaired) electrons. The van der Waals surface area contributed by atoms with Crippen molar-refractivity contribution in [2.45, 2.75) is 167 Å². The van der Waals surface area contributed by atoms with Crippen LogP contribution in [0.4, 0.5) is 5.82 Å². The van der Waals surface area contributed by atoms with Gasteiger partial charge < -0.3 is 121 Å². The summed E-state index contributed by atoms with van der Waals surface area (Å²) in [6, 6.07) is 29.0. The Labute approximate surface area is 532 Å². The molecule has 0 saturated carbocycles. The lowest BCUT2D eigenvalue weighted by Gasteiger charge is -2.45. The number of epoxide rings is 1. The molecule has 6 saturated heterocycles. The monoisotopic (exact) mass is 1350 g/mol. The van der Waals surface area contributed by atoms with Gasteiger partial charge in [-0.05, 0) is 34.0 Å². The minimum absolute atomic E-state index is 0. The Kier molecular flexibility index (Phi) is 22.8. The molecule has 29 heteroatoms. The number of aromatic nitrogens is 4. The predicted octanol–water partition coefficient (Wildman–Crippen LogP) is -3.21. The number of nitrogens with one attached hydrogen (secondary N) is 2. The van der Waals surface area contributed by atoms with E-state index in [-0.39, 0.29) is 41.7 Å². The highest BCUT2D eigenvalue weighted by molar-refractivity contribution is 7.12. The highest BCUT2D eigenvalue weighted by Crippen LogP contribution is 2.52. The number of rotatable bonds is 19. The maximum Gasteiger partial charge on any atom is 0.349 e. The number of aliphatic hydroxyl groups is 11. The number of carbonyl (C=O) groups is 1. The first-order valence-electron chi connectivity index (χ1n) is 29.3. The Morgan fingerprint density at radius 3 is 1.88 bits per heavy atom. The fraction of sp³-hybridized carbons (Fsp3) is 0.567. The van der Waals surface area contributed by atoms with Crippen molar-refractivity contribution in [3.63, 3.8) is 0 Å². The van der Waals surface area contributed by atoms with Crippen LogP contribution in [0, 0.1) is 0 Å². The molecule has 488 valence electrons. The number of ether oxygens (including phenoxy) is 7. The van der Waals surface area contributed by atoms with Gasteiger partial charge in [-0.1, -0.05) is 86.6 Å². The van der Waals surface area contributed by atoms with Crippen LogP contribution in [-0.4, -0.2) is 250 Å². The fourth-order valence-corrected chi connectivity index (χ4v) is 14.0. The second-order valence-electron chi connectivity index (χ2n) is 23.6. The van der Waals surface area contributed by atoms with Crippen LogP contribution in [0.2, 0.25) is 0 Å². The number of carbonyl (C=O) groups excluding carboxylic acids is 1. The highest BCUT2D eigenvalue weighted by atomic mass is 79.9. The molecule has 89 heavy (non-hydrogen) atoms. The van der Waals surface area contributed by atoms with Gasteiger partial charge in [0.05, 0.1) is 56.5 Å². The number of piperidine rings is 1. The number of quaternary nitrogens is 1. The number of hydrogen-bond acceptors (Lipinski definition) is 26. The van der Waals surface area contributed by atoms with E-state index in [1.165, 1.54) is 40.9 Å². The lowest BCUT2D eigenvalue weighted by Crippen LogP contribution is -3.00. The number of nitrogens with zero attached hydrogens (tertiary/aromatic N) is 5. The van der Waals surface area contributed by atoms with Crippen molar-refractivity contribution in [1.82, 2.24) is 24.8 Å². The van der Waals surface area contributed by atoms with Crippen LogP contribution in [-0.2, 0) is 50.1 Å². The fourth-order valence-electron chi connectivity index (χ4n) is 12.3. The number of likely N-dealkylation sites (N-methyl/N-ethyl adjacent to an activating group) is 1. The van der Waals surface area contributed by atoms with Crippen molar-refractivity contribution in [3.8, 4) is 0 Å². The van der Waals surface area contributed by atoms with E-state index in [0.717, 1.165) is 17.3 Å². The van der Waals surface area contributed by atoms with Crippen LogP contribution in [0.15, 0.2) is 102 Å². The number of benzene rings is 2. The van der Waals surface area contributed by atoms with Crippen LogP contribution < -0.4 is 27.6 Å². The zero-order valence-electron chi connectivity index (χ0n) is 49.5. The first kappa shape index (κ1) is 68.7. The molecular weight excluding hydrogens is 1270 g/mol. The minimum Gasteiger partial charge on any atom is -1.00 e. The molecule has 13 N–H and O–H groups in total. The molecule has 6 aliphatic rings. The lowest BCUT2D eigenvalue weighted by atomic mass is 9.91. The van der Waals surface area contributed by atoms with Gasteiger partial charge >= 0.3 is 5.97 Å². The average molecular weight is 1350 g/mol. The molecule has 2 bridgehead atoms. The van der Waals surface area contributed by atoms with Gasteiger partial charge in [-0.15, -0.1) is 22.7 Å². The van der Waals surface area contributed by atoms with Gasteiger partial charge in [-0.2, -0.15) is 0 Å². The molecule has 2 aromatic carbocycles. The van der Waals surface area contributed by atoms with Gasteiger partial charge in [-0.3, -0.25) is 4.57 Å². The second-order valence-corrected chi connectivity index (χ2v) is 25.5. The maximum atomic E-state index is 13.1. The van der Waals surface area contributed by atoms with Crippen molar-refractivity contribution >= 4 is 45.6 Å². The minimum atomic E-state index is -1.74. The Hall–Kier alpha value is -4.62. The summed E-state index contributed by atoms with van der Waals surface area (Å²) in [7, 11) is 6.02. The standard InChI is InChI=1S/C29H36N6O4.C19H22NO4S2.C12H22O11.BrH/c1-18(2)30-15-23-33-27(31-14-21(19-10-6-4-7-11-19)20-12-8-5-9-13-20)24-28(34-23)35(17-32-24)29-26(37)25(36)22(39-29)16-38-3;1-20(2)12-9-11(10-13(20)17-16(12)24-17)23-18(21)19(22,14-5-3-7-25-14)15-6-4-8-26-15;13-1-3-5(15)6(16)9(19)12(22-3)23-10-4(2-14)21-11(20)8(18)7(10)17;/h4-13,17-18,21-22,25-26,29-30,36-37H,14-16H2,1-3H3,(H,31,33,34);3-8,11-13,16-17,22H,9-10H2,1-2H3;3-20H,1-2H2;1H/q;+1;;/p-1/t22-,25-,26-,29-;11?,12-,13+,16-,17+;3-,4-,5+,6+,7-,8-,9-,10-,11-,12+;/m1.1./s1. The molecule has 0 amide bonds. The Balaban J connectivity index is 0.000000165. The maximum absolute atomic E-state index is 13.1. The molecule has 6 aliphatic heterocycles.